The Labute approximate surface area is 197 Å². The minimum atomic E-state index is -3.83. The first-order chi connectivity index (χ1) is 14.2. The third-order valence-corrected chi connectivity index (χ3v) is 6.07. The highest BCUT2D eigenvalue weighted by atomic mass is 79.9. The highest BCUT2D eigenvalue weighted by Crippen LogP contribution is 2.19. The first-order valence-electron chi connectivity index (χ1n) is 9.20. The van der Waals surface area contributed by atoms with E-state index in [2.05, 4.69) is 14.6 Å². The number of halogens is 1. The summed E-state index contributed by atoms with van der Waals surface area (Å²) in [6.07, 6.45) is 2.15. The number of pyridine rings is 1. The number of nitrogens with one attached hydrogen (secondary N) is 1. The van der Waals surface area contributed by atoms with Gasteiger partial charge < -0.3 is 9.64 Å². The number of Topliss-reactive ketones (excluding diaryl/α,β-unsaturated/α-hetero) is 1. The van der Waals surface area contributed by atoms with Gasteiger partial charge in [0.1, 0.15) is 11.6 Å². The predicted molar refractivity (Wildman–Crippen MR) is 128 cm³/mol. The molecule has 0 spiro atoms. The minimum Gasteiger partial charge on any atom is -0.494 e. The van der Waals surface area contributed by atoms with E-state index in [1.54, 1.807) is 12.1 Å². The zero-order valence-electron chi connectivity index (χ0n) is 17.5. The SMILES string of the molecule is Br.CC(=O)SCC(=O)c1ccc(NS(=O)(=O)c2ccc(OCCCN(C)C)cc2)nc1. The molecule has 0 aliphatic heterocycles. The number of sulfonamides is 1. The van der Waals surface area contributed by atoms with E-state index >= 15 is 0 Å². The van der Waals surface area contributed by atoms with Gasteiger partial charge in [0.25, 0.3) is 10.0 Å². The van der Waals surface area contributed by atoms with Gasteiger partial charge in [-0.05, 0) is 56.9 Å². The number of carbonyl (C=O) groups is 2. The van der Waals surface area contributed by atoms with Crippen molar-refractivity contribution in [2.45, 2.75) is 18.2 Å². The molecule has 0 saturated carbocycles. The standard InChI is InChI=1S/C20H25N3O5S2.BrH/c1-15(24)29-14-19(25)16-5-10-20(21-13-16)22-30(26,27)18-8-6-17(7-9-18)28-12-4-11-23(2)3;/h5-10,13H,4,11-12,14H2,1-3H3,(H,21,22);1H. The van der Waals surface area contributed by atoms with Crippen LogP contribution in [0.4, 0.5) is 5.82 Å². The van der Waals surface area contributed by atoms with Crippen LogP contribution in [-0.4, -0.2) is 62.2 Å². The highest BCUT2D eigenvalue weighted by Gasteiger charge is 2.16. The number of anilines is 1. The molecule has 0 atom stereocenters. The molecule has 0 amide bonds. The molecule has 170 valence electrons. The van der Waals surface area contributed by atoms with E-state index in [9.17, 15) is 18.0 Å². The van der Waals surface area contributed by atoms with Gasteiger partial charge >= 0.3 is 0 Å². The van der Waals surface area contributed by atoms with E-state index in [4.69, 9.17) is 4.74 Å². The maximum absolute atomic E-state index is 12.5. The van der Waals surface area contributed by atoms with Crippen LogP contribution in [0.25, 0.3) is 0 Å². The Kier molecular flexibility index (Phi) is 11.2. The van der Waals surface area contributed by atoms with Crippen molar-refractivity contribution < 1.29 is 22.7 Å². The molecule has 0 saturated heterocycles. The van der Waals surface area contributed by atoms with Crippen molar-refractivity contribution >= 4 is 55.5 Å². The lowest BCUT2D eigenvalue weighted by atomic mass is 10.2. The third kappa shape index (κ3) is 9.38. The van der Waals surface area contributed by atoms with Crippen molar-refractivity contribution in [3.63, 3.8) is 0 Å². The van der Waals surface area contributed by atoms with Gasteiger partial charge in [0.05, 0.1) is 17.3 Å². The molecule has 1 N–H and O–H groups in total. The van der Waals surface area contributed by atoms with Gasteiger partial charge in [0, 0.05) is 25.2 Å². The summed E-state index contributed by atoms with van der Waals surface area (Å²) in [6.45, 7) is 2.84. The fourth-order valence-corrected chi connectivity index (χ4v) is 3.86. The molecule has 8 nitrogen and oxygen atoms in total. The number of rotatable bonds is 11. The van der Waals surface area contributed by atoms with Crippen molar-refractivity contribution in [3.8, 4) is 5.75 Å². The zero-order chi connectivity index (χ0) is 22.1. The van der Waals surface area contributed by atoms with Gasteiger partial charge in [-0.2, -0.15) is 0 Å². The van der Waals surface area contributed by atoms with Crippen LogP contribution in [0.2, 0.25) is 0 Å². The molecule has 2 aromatic rings. The lowest BCUT2D eigenvalue weighted by Gasteiger charge is -2.11. The van der Waals surface area contributed by atoms with Crippen LogP contribution in [-0.2, 0) is 14.8 Å². The van der Waals surface area contributed by atoms with Crippen molar-refractivity contribution in [1.29, 1.82) is 0 Å². The molecule has 1 aromatic heterocycles. The monoisotopic (exact) mass is 531 g/mol. The number of hydrogen-bond donors (Lipinski definition) is 1. The number of carbonyl (C=O) groups excluding carboxylic acids is 2. The van der Waals surface area contributed by atoms with Gasteiger partial charge in [0.2, 0.25) is 0 Å². The van der Waals surface area contributed by atoms with Crippen molar-refractivity contribution in [1.82, 2.24) is 9.88 Å². The summed E-state index contributed by atoms with van der Waals surface area (Å²) < 4.78 is 33.1. The lowest BCUT2D eigenvalue weighted by Crippen LogP contribution is -2.16. The first kappa shape index (κ1) is 27.1. The summed E-state index contributed by atoms with van der Waals surface area (Å²) >= 11 is 0.914. The van der Waals surface area contributed by atoms with E-state index < -0.39 is 10.0 Å². The average Bonchev–Trinajstić information content (AvgIpc) is 2.70. The number of nitrogens with zero attached hydrogens (tertiary/aromatic N) is 2. The van der Waals surface area contributed by atoms with E-state index in [-0.39, 0.29) is 44.3 Å². The summed E-state index contributed by atoms with van der Waals surface area (Å²) in [7, 11) is 0.144. The molecule has 0 fully saturated rings. The van der Waals surface area contributed by atoms with E-state index in [0.29, 0.717) is 17.9 Å². The van der Waals surface area contributed by atoms with Crippen LogP contribution in [0.1, 0.15) is 23.7 Å². The quantitative estimate of drug-likeness (QED) is 0.347. The molecule has 0 bridgehead atoms. The summed E-state index contributed by atoms with van der Waals surface area (Å²) in [4.78, 5) is 29.0. The van der Waals surface area contributed by atoms with Gasteiger partial charge in [-0.3, -0.25) is 14.3 Å². The molecule has 0 radical (unpaired) electrons. The second-order valence-corrected chi connectivity index (χ2v) is 9.55. The Morgan fingerprint density at radius 3 is 2.35 bits per heavy atom. The average molecular weight is 532 g/mol. The molecule has 1 heterocycles. The number of ketones is 1. The van der Waals surface area contributed by atoms with Crippen molar-refractivity contribution in [3.05, 3.63) is 48.2 Å². The van der Waals surface area contributed by atoms with Crippen LogP contribution in [0.3, 0.4) is 0 Å². The number of thioether (sulfide) groups is 1. The third-order valence-electron chi connectivity index (χ3n) is 3.88. The molecule has 31 heavy (non-hydrogen) atoms. The van der Waals surface area contributed by atoms with Crippen LogP contribution in [0.5, 0.6) is 5.75 Å². The fraction of sp³-hybridized carbons (Fsp3) is 0.350. The normalized spacial score (nSPS) is 11.0. The second-order valence-electron chi connectivity index (χ2n) is 6.72. The van der Waals surface area contributed by atoms with Gasteiger partial charge in [-0.1, -0.05) is 11.8 Å². The van der Waals surface area contributed by atoms with Crippen LogP contribution in [0.15, 0.2) is 47.5 Å². The van der Waals surface area contributed by atoms with Crippen LogP contribution in [0, 0.1) is 0 Å². The fourth-order valence-electron chi connectivity index (χ4n) is 2.35. The number of benzene rings is 1. The highest BCUT2D eigenvalue weighted by molar-refractivity contribution is 8.93. The van der Waals surface area contributed by atoms with Crippen molar-refractivity contribution in [2.24, 2.45) is 0 Å². The summed E-state index contributed by atoms with van der Waals surface area (Å²) in [5, 5.41) is -0.148. The maximum atomic E-state index is 12.5. The van der Waals surface area contributed by atoms with E-state index in [1.165, 1.54) is 37.4 Å². The summed E-state index contributed by atoms with van der Waals surface area (Å²) in [6, 6.07) is 9.00. The van der Waals surface area contributed by atoms with E-state index in [0.717, 1.165) is 24.7 Å². The molecule has 2 rings (SSSR count). The Bertz CT molecular complexity index is 965. The van der Waals surface area contributed by atoms with Gasteiger partial charge in [-0.15, -0.1) is 17.0 Å². The van der Waals surface area contributed by atoms with Crippen LogP contribution >= 0.6 is 28.7 Å². The largest absolute Gasteiger partial charge is 0.494 e. The Hall–Kier alpha value is -1.95. The molecule has 0 aliphatic rings. The summed E-state index contributed by atoms with van der Waals surface area (Å²) in [5.41, 5.74) is 0.308. The Morgan fingerprint density at radius 2 is 1.81 bits per heavy atom. The molecular weight excluding hydrogens is 506 g/mol. The number of aromatic nitrogens is 1. The first-order valence-corrected chi connectivity index (χ1v) is 11.7. The molecule has 0 aliphatic carbocycles. The maximum Gasteiger partial charge on any atom is 0.263 e. The molecular formula is C20H26BrN3O5S2. The predicted octanol–water partition coefficient (Wildman–Crippen LogP) is 3.25. The van der Waals surface area contributed by atoms with Crippen LogP contribution < -0.4 is 9.46 Å². The van der Waals surface area contributed by atoms with Gasteiger partial charge in [-0.25, -0.2) is 13.4 Å². The minimum absolute atomic E-state index is 0. The lowest BCUT2D eigenvalue weighted by molar-refractivity contribution is -0.109. The molecule has 0 unspecified atom stereocenters. The summed E-state index contributed by atoms with van der Waals surface area (Å²) in [5.74, 6) is 0.455. The van der Waals surface area contributed by atoms with E-state index in [1.807, 2.05) is 14.1 Å². The topological polar surface area (TPSA) is 106 Å². The van der Waals surface area contributed by atoms with Gasteiger partial charge in [0.15, 0.2) is 10.9 Å². The Balaban J connectivity index is 0.00000480. The smallest absolute Gasteiger partial charge is 0.263 e. The number of hydrogen-bond acceptors (Lipinski definition) is 8. The van der Waals surface area contributed by atoms with Crippen molar-refractivity contribution in [2.75, 3.05) is 37.7 Å². The second kappa shape index (κ2) is 12.8. The molecule has 1 aromatic carbocycles. The number of ether oxygens (including phenoxy) is 1. The molecule has 11 heteroatoms. The Morgan fingerprint density at radius 1 is 1.13 bits per heavy atom. The zero-order valence-corrected chi connectivity index (χ0v) is 20.9.